The Hall–Kier alpha value is -1.92. The van der Waals surface area contributed by atoms with Crippen LogP contribution in [0.15, 0.2) is 30.3 Å². The maximum Gasteiger partial charge on any atom is 0.313 e. The number of hydrogen-bond donors (Lipinski definition) is 0. The highest BCUT2D eigenvalue weighted by molar-refractivity contribution is 5.79. The third-order valence-electron chi connectivity index (χ3n) is 10.3. The molecule has 192 valence electrons. The molecule has 0 radical (unpaired) electrons. The fourth-order valence-corrected chi connectivity index (χ4v) is 7.71. The Morgan fingerprint density at radius 2 is 1.23 bits per heavy atom. The van der Waals surface area contributed by atoms with E-state index in [0.717, 1.165) is 40.2 Å². The van der Waals surface area contributed by atoms with Gasteiger partial charge in [0.1, 0.15) is 12.2 Å². The van der Waals surface area contributed by atoms with Gasteiger partial charge in [-0.15, -0.1) is 0 Å². The second-order valence-corrected chi connectivity index (χ2v) is 12.6. The average Bonchev–Trinajstić information content (AvgIpc) is 3.07. The molecule has 4 saturated heterocycles. The van der Waals surface area contributed by atoms with Crippen LogP contribution in [0.25, 0.3) is 0 Å². The van der Waals surface area contributed by atoms with Crippen molar-refractivity contribution in [2.45, 2.75) is 107 Å². The summed E-state index contributed by atoms with van der Waals surface area (Å²) in [5, 5.41) is 0. The Kier molecular flexibility index (Phi) is 6.73. The van der Waals surface area contributed by atoms with Crippen molar-refractivity contribution >= 4 is 11.9 Å². The minimum absolute atomic E-state index is 0.0106. The molecule has 1 aromatic carbocycles. The molecule has 4 heterocycles. The summed E-state index contributed by atoms with van der Waals surface area (Å²) in [5.41, 5.74) is 0.926. The molecule has 0 spiro atoms. The number of quaternary nitrogens is 2. The molecule has 7 atom stereocenters. The van der Waals surface area contributed by atoms with E-state index in [4.69, 9.17) is 9.47 Å². The molecule has 0 amide bonds. The van der Waals surface area contributed by atoms with Crippen LogP contribution in [0.3, 0.4) is 0 Å². The standard InChI is InChI=1S/C29H44N2O4/c1-30(2)21-10-11-22(30)17-25(16-21)34-28(32)15-14-27(20-8-6-5-7-9-20)29(33)35-26-18-23-12-13-24(19-26)31(23,3)4/h5-9,21-27H,10-19H2,1-4H3/q+2/t21-,22+,23-,24+,25?,26?,27?. The monoisotopic (exact) mass is 484 g/mol. The maximum absolute atomic E-state index is 13.4. The highest BCUT2D eigenvalue weighted by Crippen LogP contribution is 2.42. The van der Waals surface area contributed by atoms with E-state index in [9.17, 15) is 9.59 Å². The van der Waals surface area contributed by atoms with Crippen LogP contribution >= 0.6 is 0 Å². The third kappa shape index (κ3) is 4.89. The summed E-state index contributed by atoms with van der Waals surface area (Å²) >= 11 is 0. The molecule has 4 aliphatic heterocycles. The number of hydrogen-bond acceptors (Lipinski definition) is 4. The molecule has 35 heavy (non-hydrogen) atoms. The quantitative estimate of drug-likeness (QED) is 0.430. The molecule has 0 saturated carbocycles. The topological polar surface area (TPSA) is 52.6 Å². The SMILES string of the molecule is C[N+]1(C)[C@@H]2CC[C@H]1CC(OC(=O)CCC(C(=O)OC1C[C@H]3CC[C@@H](C1)[N+]3(C)C)c1ccccc1)C2. The number of esters is 2. The Morgan fingerprint density at radius 3 is 1.71 bits per heavy atom. The zero-order valence-corrected chi connectivity index (χ0v) is 22.0. The minimum atomic E-state index is -0.427. The van der Waals surface area contributed by atoms with Gasteiger partial charge in [-0.25, -0.2) is 0 Å². The van der Waals surface area contributed by atoms with E-state index in [2.05, 4.69) is 28.2 Å². The van der Waals surface area contributed by atoms with Gasteiger partial charge in [0.2, 0.25) is 0 Å². The number of carbonyl (C=O) groups excluding carboxylic acids is 2. The van der Waals surface area contributed by atoms with Gasteiger partial charge in [0.15, 0.2) is 0 Å². The number of piperidine rings is 2. The number of carbonyl (C=O) groups is 2. The first-order chi connectivity index (χ1) is 16.6. The lowest BCUT2D eigenvalue weighted by Gasteiger charge is -2.44. The summed E-state index contributed by atoms with van der Waals surface area (Å²) in [6.45, 7) is 0. The third-order valence-corrected chi connectivity index (χ3v) is 10.3. The van der Waals surface area contributed by atoms with Gasteiger partial charge in [-0.3, -0.25) is 9.59 Å². The van der Waals surface area contributed by atoms with Crippen molar-refractivity contribution in [2.24, 2.45) is 0 Å². The van der Waals surface area contributed by atoms with Gasteiger partial charge in [-0.2, -0.15) is 0 Å². The lowest BCUT2D eigenvalue weighted by atomic mass is 9.93. The van der Waals surface area contributed by atoms with Crippen LogP contribution in [0.5, 0.6) is 0 Å². The van der Waals surface area contributed by atoms with E-state index < -0.39 is 5.92 Å². The van der Waals surface area contributed by atoms with Gasteiger partial charge in [0.05, 0.1) is 58.3 Å². The van der Waals surface area contributed by atoms with Gasteiger partial charge < -0.3 is 18.4 Å². The summed E-state index contributed by atoms with van der Waals surface area (Å²) in [6, 6.07) is 12.1. The van der Waals surface area contributed by atoms with Gasteiger partial charge in [-0.1, -0.05) is 30.3 Å². The first kappa shape index (κ1) is 24.8. The van der Waals surface area contributed by atoms with Crippen LogP contribution in [0.4, 0.5) is 0 Å². The molecule has 0 aromatic heterocycles. The number of fused-ring (bicyclic) bond motifs is 4. The van der Waals surface area contributed by atoms with E-state index in [1.165, 1.54) is 25.7 Å². The maximum atomic E-state index is 13.4. The van der Waals surface area contributed by atoms with Crippen molar-refractivity contribution in [2.75, 3.05) is 28.2 Å². The molecule has 4 aliphatic rings. The lowest BCUT2D eigenvalue weighted by molar-refractivity contribution is -0.931. The molecule has 4 fully saturated rings. The summed E-state index contributed by atoms with van der Waals surface area (Å²) < 4.78 is 14.2. The Morgan fingerprint density at radius 1 is 0.771 bits per heavy atom. The van der Waals surface area contributed by atoms with Gasteiger partial charge in [0, 0.05) is 57.8 Å². The molecule has 5 rings (SSSR count). The number of ether oxygens (including phenoxy) is 2. The highest BCUT2D eigenvalue weighted by atomic mass is 16.5. The fraction of sp³-hybridized carbons (Fsp3) is 0.724. The van der Waals surface area contributed by atoms with E-state index in [1.807, 2.05) is 30.3 Å². The van der Waals surface area contributed by atoms with Crippen LogP contribution < -0.4 is 0 Å². The van der Waals surface area contributed by atoms with Crippen molar-refractivity contribution in [3.63, 3.8) is 0 Å². The average molecular weight is 485 g/mol. The van der Waals surface area contributed by atoms with Crippen molar-refractivity contribution in [3.8, 4) is 0 Å². The molecular weight excluding hydrogens is 440 g/mol. The Labute approximate surface area is 210 Å². The minimum Gasteiger partial charge on any atom is -0.462 e. The summed E-state index contributed by atoms with van der Waals surface area (Å²) in [7, 11) is 9.26. The Balaban J connectivity index is 1.18. The molecule has 0 aliphatic carbocycles. The predicted molar refractivity (Wildman–Crippen MR) is 134 cm³/mol. The number of benzene rings is 1. The summed E-state index contributed by atoms with van der Waals surface area (Å²) in [5.74, 6) is -0.788. The molecule has 3 unspecified atom stereocenters. The van der Waals surface area contributed by atoms with Gasteiger partial charge >= 0.3 is 11.9 Å². The van der Waals surface area contributed by atoms with Crippen LogP contribution in [0.1, 0.15) is 75.7 Å². The predicted octanol–water partition coefficient (Wildman–Crippen LogP) is 4.18. The Bertz CT molecular complexity index is 898. The van der Waals surface area contributed by atoms with Crippen LogP contribution in [-0.4, -0.2) is 85.5 Å². The van der Waals surface area contributed by atoms with Crippen molar-refractivity contribution in [1.82, 2.24) is 0 Å². The molecule has 6 heteroatoms. The second-order valence-electron chi connectivity index (χ2n) is 12.6. The van der Waals surface area contributed by atoms with Gasteiger partial charge in [0.25, 0.3) is 0 Å². The molecule has 6 nitrogen and oxygen atoms in total. The van der Waals surface area contributed by atoms with Crippen molar-refractivity contribution < 1.29 is 28.0 Å². The van der Waals surface area contributed by atoms with E-state index >= 15 is 0 Å². The lowest BCUT2D eigenvalue weighted by Crippen LogP contribution is -2.56. The van der Waals surface area contributed by atoms with Crippen LogP contribution in [0, 0.1) is 0 Å². The van der Waals surface area contributed by atoms with Crippen molar-refractivity contribution in [3.05, 3.63) is 35.9 Å². The zero-order valence-electron chi connectivity index (χ0n) is 22.0. The van der Waals surface area contributed by atoms with Gasteiger partial charge in [-0.05, 0) is 12.0 Å². The van der Waals surface area contributed by atoms with Crippen LogP contribution in [-0.2, 0) is 19.1 Å². The second kappa shape index (κ2) is 9.51. The van der Waals surface area contributed by atoms with Crippen molar-refractivity contribution in [1.29, 1.82) is 0 Å². The molecule has 0 N–H and O–H groups in total. The summed E-state index contributed by atoms with van der Waals surface area (Å²) in [6.07, 6.45) is 9.39. The zero-order chi connectivity index (χ0) is 24.8. The largest absolute Gasteiger partial charge is 0.462 e. The van der Waals surface area contributed by atoms with E-state index in [1.54, 1.807) is 0 Å². The molecule has 1 aromatic rings. The number of nitrogens with zero attached hydrogens (tertiary/aromatic N) is 2. The fourth-order valence-electron chi connectivity index (χ4n) is 7.71. The first-order valence-corrected chi connectivity index (χ1v) is 13.8. The van der Waals surface area contributed by atoms with E-state index in [0.29, 0.717) is 30.6 Å². The number of rotatable bonds is 7. The molecule has 4 bridgehead atoms. The summed E-state index contributed by atoms with van der Waals surface area (Å²) in [4.78, 5) is 26.2. The highest BCUT2D eigenvalue weighted by Gasteiger charge is 2.51. The normalized spacial score (nSPS) is 35.3. The smallest absolute Gasteiger partial charge is 0.313 e. The van der Waals surface area contributed by atoms with Crippen LogP contribution in [0.2, 0.25) is 0 Å². The first-order valence-electron chi connectivity index (χ1n) is 13.8. The van der Waals surface area contributed by atoms with E-state index in [-0.39, 0.29) is 30.6 Å². The molecular formula is C29H44N2O4+2.